The number of halogens is 1. The van der Waals surface area contributed by atoms with Crippen LogP contribution in [0.25, 0.3) is 0 Å². The summed E-state index contributed by atoms with van der Waals surface area (Å²) in [7, 11) is 0. The summed E-state index contributed by atoms with van der Waals surface area (Å²) in [6.45, 7) is 0.281. The Morgan fingerprint density at radius 2 is 1.64 bits per heavy atom. The molecule has 1 aliphatic heterocycles. The summed E-state index contributed by atoms with van der Waals surface area (Å²) in [5.74, 6) is -1.11. The summed E-state index contributed by atoms with van der Waals surface area (Å²) in [5.41, 5.74) is 3.01. The van der Waals surface area contributed by atoms with Crippen molar-refractivity contribution in [1.82, 2.24) is 15.2 Å². The van der Waals surface area contributed by atoms with Crippen molar-refractivity contribution < 1.29 is 23.5 Å². The summed E-state index contributed by atoms with van der Waals surface area (Å²) in [4.78, 5) is 44.5. The zero-order chi connectivity index (χ0) is 27.2. The number of aromatic nitrogens is 1. The molecular weight excluding hydrogens is 499 g/mol. The van der Waals surface area contributed by atoms with E-state index in [0.29, 0.717) is 22.4 Å². The van der Waals surface area contributed by atoms with Crippen molar-refractivity contribution in [3.05, 3.63) is 131 Å². The highest BCUT2D eigenvalue weighted by Gasteiger charge is 2.47. The van der Waals surface area contributed by atoms with Gasteiger partial charge in [0, 0.05) is 30.2 Å². The molecule has 9 heteroatoms. The molecule has 0 aliphatic carbocycles. The lowest BCUT2D eigenvalue weighted by molar-refractivity contribution is -0.126. The lowest BCUT2D eigenvalue weighted by Crippen LogP contribution is -2.46. The predicted octanol–water partition coefficient (Wildman–Crippen LogP) is 4.85. The first-order valence-electron chi connectivity index (χ1n) is 12.3. The number of rotatable bonds is 8. The van der Waals surface area contributed by atoms with E-state index in [2.05, 4.69) is 15.6 Å². The van der Waals surface area contributed by atoms with E-state index >= 15 is 0 Å². The molecule has 2 heterocycles. The van der Waals surface area contributed by atoms with Gasteiger partial charge in [-0.1, -0.05) is 42.5 Å². The van der Waals surface area contributed by atoms with E-state index in [1.54, 1.807) is 85.2 Å². The number of hydrogen-bond acceptors (Lipinski definition) is 5. The molecule has 0 saturated carbocycles. The number of anilines is 1. The van der Waals surface area contributed by atoms with Crippen LogP contribution in [0.3, 0.4) is 0 Å². The molecule has 5 rings (SSSR count). The molecule has 0 bridgehead atoms. The van der Waals surface area contributed by atoms with Gasteiger partial charge in [-0.25, -0.2) is 9.18 Å². The van der Waals surface area contributed by atoms with Crippen LogP contribution in [0, 0.1) is 5.82 Å². The molecule has 2 N–H and O–H groups in total. The Balaban J connectivity index is 1.40. The van der Waals surface area contributed by atoms with Gasteiger partial charge in [-0.2, -0.15) is 0 Å². The third-order valence-corrected chi connectivity index (χ3v) is 6.34. The molecule has 1 fully saturated rings. The summed E-state index contributed by atoms with van der Waals surface area (Å²) in [6.07, 6.45) is 1.64. The van der Waals surface area contributed by atoms with E-state index in [0.717, 1.165) is 5.56 Å². The molecule has 39 heavy (non-hydrogen) atoms. The topological polar surface area (TPSA) is 101 Å². The van der Waals surface area contributed by atoms with Gasteiger partial charge in [0.1, 0.15) is 5.82 Å². The normalized spacial score (nSPS) is 16.4. The Labute approximate surface area is 224 Å². The van der Waals surface area contributed by atoms with E-state index < -0.39 is 30.0 Å². The highest BCUT2D eigenvalue weighted by atomic mass is 19.1. The number of nitrogens with one attached hydrogen (secondary N) is 2. The van der Waals surface area contributed by atoms with Gasteiger partial charge in [-0.15, -0.1) is 0 Å². The molecule has 2 atom stereocenters. The lowest BCUT2D eigenvalue weighted by Gasteiger charge is -2.24. The SMILES string of the molecule is O=C(Nc1cccc(C2OC(=O)N(Cc3ccc(F)cc3)C2C(=O)NCc2ccncc2)c1)c1ccccc1. The number of benzene rings is 3. The number of nitrogens with zero attached hydrogens (tertiary/aromatic N) is 2. The Hall–Kier alpha value is -5.05. The van der Waals surface area contributed by atoms with E-state index in [1.807, 2.05) is 6.07 Å². The number of carbonyl (C=O) groups excluding carboxylic acids is 3. The van der Waals surface area contributed by atoms with Gasteiger partial charge in [0.2, 0.25) is 5.91 Å². The second-order valence-electron chi connectivity index (χ2n) is 9.02. The Morgan fingerprint density at radius 1 is 0.897 bits per heavy atom. The Kier molecular flexibility index (Phi) is 7.58. The number of amides is 3. The molecule has 2 unspecified atom stereocenters. The van der Waals surface area contributed by atoms with Crippen molar-refractivity contribution in [2.75, 3.05) is 5.32 Å². The van der Waals surface area contributed by atoms with Crippen LogP contribution in [0.1, 0.15) is 33.2 Å². The molecule has 1 saturated heterocycles. The molecule has 1 aromatic heterocycles. The zero-order valence-corrected chi connectivity index (χ0v) is 20.8. The summed E-state index contributed by atoms with van der Waals surface area (Å²) in [6, 6.07) is 23.9. The van der Waals surface area contributed by atoms with Gasteiger partial charge in [0.25, 0.3) is 5.91 Å². The number of ether oxygens (including phenoxy) is 1. The highest BCUT2D eigenvalue weighted by Crippen LogP contribution is 2.35. The quantitative estimate of drug-likeness (QED) is 0.343. The van der Waals surface area contributed by atoms with Crippen molar-refractivity contribution in [2.45, 2.75) is 25.2 Å². The number of carbonyl (C=O) groups is 3. The first-order chi connectivity index (χ1) is 19.0. The molecule has 0 radical (unpaired) electrons. The van der Waals surface area contributed by atoms with E-state index in [1.165, 1.54) is 17.0 Å². The molecular formula is C30H25FN4O4. The number of cyclic esters (lactones) is 1. The molecule has 1 aliphatic rings. The zero-order valence-electron chi connectivity index (χ0n) is 20.8. The van der Waals surface area contributed by atoms with E-state index in [-0.39, 0.29) is 19.0 Å². The summed E-state index contributed by atoms with van der Waals surface area (Å²) in [5, 5.41) is 5.73. The van der Waals surface area contributed by atoms with Crippen LogP contribution in [-0.4, -0.2) is 33.8 Å². The number of hydrogen-bond donors (Lipinski definition) is 2. The third kappa shape index (κ3) is 6.10. The minimum atomic E-state index is -1.01. The minimum absolute atomic E-state index is 0.0490. The Bertz CT molecular complexity index is 1470. The minimum Gasteiger partial charge on any atom is -0.438 e. The molecule has 196 valence electrons. The molecule has 4 aromatic rings. The lowest BCUT2D eigenvalue weighted by atomic mass is 10.00. The molecule has 0 spiro atoms. The Morgan fingerprint density at radius 3 is 2.38 bits per heavy atom. The van der Waals surface area contributed by atoms with Crippen molar-refractivity contribution in [3.8, 4) is 0 Å². The second-order valence-corrected chi connectivity index (χ2v) is 9.02. The highest BCUT2D eigenvalue weighted by molar-refractivity contribution is 6.04. The van der Waals surface area contributed by atoms with Crippen LogP contribution in [0.4, 0.5) is 14.9 Å². The second kappa shape index (κ2) is 11.6. The number of pyridine rings is 1. The van der Waals surface area contributed by atoms with Gasteiger partial charge in [-0.3, -0.25) is 19.5 Å². The van der Waals surface area contributed by atoms with Crippen LogP contribution in [0.5, 0.6) is 0 Å². The first kappa shape index (κ1) is 25.6. The fourth-order valence-corrected chi connectivity index (χ4v) is 4.38. The van der Waals surface area contributed by atoms with Crippen molar-refractivity contribution in [3.63, 3.8) is 0 Å². The maximum Gasteiger partial charge on any atom is 0.411 e. The van der Waals surface area contributed by atoms with Gasteiger partial charge in [0.05, 0.1) is 6.54 Å². The fourth-order valence-electron chi connectivity index (χ4n) is 4.38. The molecule has 3 amide bonds. The van der Waals surface area contributed by atoms with Crippen LogP contribution >= 0.6 is 0 Å². The van der Waals surface area contributed by atoms with Crippen LogP contribution < -0.4 is 10.6 Å². The monoisotopic (exact) mass is 524 g/mol. The van der Waals surface area contributed by atoms with Gasteiger partial charge >= 0.3 is 6.09 Å². The summed E-state index contributed by atoms with van der Waals surface area (Å²) < 4.78 is 19.2. The fraction of sp³-hybridized carbons (Fsp3) is 0.133. The predicted molar refractivity (Wildman–Crippen MR) is 142 cm³/mol. The standard InChI is InChI=1S/C30H25FN4O4/c31-24-11-9-21(10-12-24)19-35-26(29(37)33-18-20-13-15-32-16-14-20)27(39-30(35)38)23-7-4-8-25(17-23)34-28(36)22-5-2-1-3-6-22/h1-17,26-27H,18-19H2,(H,33,37)(H,34,36). The summed E-state index contributed by atoms with van der Waals surface area (Å²) >= 11 is 0. The van der Waals surface area contributed by atoms with Gasteiger partial charge < -0.3 is 15.4 Å². The van der Waals surface area contributed by atoms with Crippen LogP contribution in [0.15, 0.2) is 103 Å². The van der Waals surface area contributed by atoms with E-state index in [9.17, 15) is 18.8 Å². The van der Waals surface area contributed by atoms with Crippen molar-refractivity contribution in [2.24, 2.45) is 0 Å². The van der Waals surface area contributed by atoms with E-state index in [4.69, 9.17) is 4.74 Å². The first-order valence-corrected chi connectivity index (χ1v) is 12.3. The third-order valence-electron chi connectivity index (χ3n) is 6.34. The maximum absolute atomic E-state index is 13.5. The average Bonchev–Trinajstić information content (AvgIpc) is 3.29. The van der Waals surface area contributed by atoms with Gasteiger partial charge in [-0.05, 0) is 65.2 Å². The van der Waals surface area contributed by atoms with Gasteiger partial charge in [0.15, 0.2) is 12.1 Å². The van der Waals surface area contributed by atoms with Crippen LogP contribution in [-0.2, 0) is 22.6 Å². The largest absolute Gasteiger partial charge is 0.438 e. The smallest absolute Gasteiger partial charge is 0.411 e. The van der Waals surface area contributed by atoms with Crippen molar-refractivity contribution >= 4 is 23.6 Å². The van der Waals surface area contributed by atoms with Crippen molar-refractivity contribution in [1.29, 1.82) is 0 Å². The van der Waals surface area contributed by atoms with Crippen LogP contribution in [0.2, 0.25) is 0 Å². The molecule has 3 aromatic carbocycles. The molecule has 8 nitrogen and oxygen atoms in total. The maximum atomic E-state index is 13.5. The average molecular weight is 525 g/mol.